The van der Waals surface area contributed by atoms with E-state index in [1.807, 2.05) is 0 Å². The topological polar surface area (TPSA) is 75.6 Å². The van der Waals surface area contributed by atoms with Crippen LogP contribution in [0.2, 0.25) is 0 Å². The highest BCUT2D eigenvalue weighted by Gasteiger charge is 2.22. The van der Waals surface area contributed by atoms with Crippen molar-refractivity contribution in [2.24, 2.45) is 5.92 Å². The molecule has 5 heteroatoms. The number of hydrogen-bond acceptors (Lipinski definition) is 3. The van der Waals surface area contributed by atoms with Crippen molar-refractivity contribution in [3.05, 3.63) is 29.8 Å². The molecule has 0 aliphatic carbocycles. The number of carbonyl (C=O) groups is 2. The van der Waals surface area contributed by atoms with Gasteiger partial charge in [-0.2, -0.15) is 0 Å². The van der Waals surface area contributed by atoms with Crippen molar-refractivity contribution < 1.29 is 19.4 Å². The number of hydrogen-bond donors (Lipinski definition) is 2. The Morgan fingerprint density at radius 1 is 1.25 bits per heavy atom. The molecule has 0 saturated carbocycles. The molecule has 0 radical (unpaired) electrons. The number of nitrogens with one attached hydrogen (secondary N) is 1. The van der Waals surface area contributed by atoms with Gasteiger partial charge in [-0.1, -0.05) is 26.0 Å². The Morgan fingerprint density at radius 2 is 1.85 bits per heavy atom. The van der Waals surface area contributed by atoms with E-state index >= 15 is 0 Å². The minimum Gasteiger partial charge on any atom is -0.493 e. The first-order valence-electron chi connectivity index (χ1n) is 6.60. The van der Waals surface area contributed by atoms with Gasteiger partial charge >= 0.3 is 5.97 Å². The zero-order chi connectivity index (χ0) is 15.1. The van der Waals surface area contributed by atoms with Gasteiger partial charge in [-0.3, -0.25) is 9.59 Å². The number of amides is 1. The predicted octanol–water partition coefficient (Wildman–Crippen LogP) is 2.03. The molecule has 2 N–H and O–H groups in total. The highest BCUT2D eigenvalue weighted by molar-refractivity contribution is 5.85. The number of ether oxygens (including phenoxy) is 1. The number of rotatable bonds is 7. The van der Waals surface area contributed by atoms with Crippen LogP contribution in [-0.2, 0) is 9.59 Å². The van der Waals surface area contributed by atoms with Gasteiger partial charge < -0.3 is 15.2 Å². The Balaban J connectivity index is 2.77. The predicted molar refractivity (Wildman–Crippen MR) is 75.8 cm³/mol. The Bertz CT molecular complexity index is 453. The van der Waals surface area contributed by atoms with Crippen molar-refractivity contribution >= 4 is 11.9 Å². The van der Waals surface area contributed by atoms with Gasteiger partial charge in [0.05, 0.1) is 12.5 Å². The number of carboxylic acids is 1. The van der Waals surface area contributed by atoms with Gasteiger partial charge in [0.2, 0.25) is 5.91 Å². The zero-order valence-corrected chi connectivity index (χ0v) is 12.1. The van der Waals surface area contributed by atoms with Crippen LogP contribution in [0, 0.1) is 5.92 Å². The van der Waals surface area contributed by atoms with Crippen LogP contribution in [0.15, 0.2) is 24.3 Å². The van der Waals surface area contributed by atoms with Crippen molar-refractivity contribution in [2.45, 2.75) is 26.2 Å². The van der Waals surface area contributed by atoms with Crippen molar-refractivity contribution in [3.8, 4) is 5.75 Å². The standard InChI is InChI=1S/C15H21NO4/c1-10(2)9-20-12-6-4-11(5-7-12)13(15(18)19)8-14(17)16-3/h4-7,10,13H,8-9H2,1-3H3,(H,16,17)(H,18,19)/t13-/m0/s1. The Hall–Kier alpha value is -2.04. The van der Waals surface area contributed by atoms with Gasteiger partial charge in [0.15, 0.2) is 0 Å². The lowest BCUT2D eigenvalue weighted by atomic mass is 9.95. The summed E-state index contributed by atoms with van der Waals surface area (Å²) >= 11 is 0. The van der Waals surface area contributed by atoms with Crippen LogP contribution < -0.4 is 10.1 Å². The minimum atomic E-state index is -1.01. The number of benzene rings is 1. The fraction of sp³-hybridized carbons (Fsp3) is 0.467. The first-order valence-corrected chi connectivity index (χ1v) is 6.60. The molecule has 1 amide bonds. The molecule has 1 aromatic carbocycles. The molecule has 0 spiro atoms. The molecule has 1 aromatic rings. The van der Waals surface area contributed by atoms with Crippen LogP contribution in [0.5, 0.6) is 5.75 Å². The number of aliphatic carboxylic acids is 1. The van der Waals surface area contributed by atoms with Crippen molar-refractivity contribution in [2.75, 3.05) is 13.7 Å². The van der Waals surface area contributed by atoms with E-state index in [4.69, 9.17) is 4.74 Å². The smallest absolute Gasteiger partial charge is 0.311 e. The second-order valence-corrected chi connectivity index (χ2v) is 5.04. The molecule has 0 fully saturated rings. The van der Waals surface area contributed by atoms with Crippen molar-refractivity contribution in [3.63, 3.8) is 0 Å². The van der Waals surface area contributed by atoms with Crippen LogP contribution in [0.4, 0.5) is 0 Å². The number of carboxylic acid groups (broad SMARTS) is 1. The summed E-state index contributed by atoms with van der Waals surface area (Å²) in [4.78, 5) is 22.6. The van der Waals surface area contributed by atoms with E-state index in [9.17, 15) is 14.7 Å². The van der Waals surface area contributed by atoms with E-state index in [0.717, 1.165) is 0 Å². The Morgan fingerprint density at radius 3 is 2.30 bits per heavy atom. The van der Waals surface area contributed by atoms with Gasteiger partial charge in [0.1, 0.15) is 5.75 Å². The maximum absolute atomic E-state index is 11.3. The van der Waals surface area contributed by atoms with E-state index in [2.05, 4.69) is 19.2 Å². The highest BCUT2D eigenvalue weighted by Crippen LogP contribution is 2.23. The monoisotopic (exact) mass is 279 g/mol. The van der Waals surface area contributed by atoms with Gasteiger partial charge in [-0.25, -0.2) is 0 Å². The van der Waals surface area contributed by atoms with E-state index in [1.165, 1.54) is 7.05 Å². The summed E-state index contributed by atoms with van der Waals surface area (Å²) in [5, 5.41) is 11.6. The van der Waals surface area contributed by atoms with Gasteiger partial charge in [-0.15, -0.1) is 0 Å². The average molecular weight is 279 g/mol. The summed E-state index contributed by atoms with van der Waals surface area (Å²) in [6.07, 6.45) is -0.0714. The molecule has 0 bridgehead atoms. The SMILES string of the molecule is CNC(=O)C[C@H](C(=O)O)c1ccc(OCC(C)C)cc1. The quantitative estimate of drug-likeness (QED) is 0.800. The summed E-state index contributed by atoms with van der Waals surface area (Å²) < 4.78 is 5.54. The van der Waals surface area contributed by atoms with Gasteiger partial charge in [0, 0.05) is 13.5 Å². The largest absolute Gasteiger partial charge is 0.493 e. The maximum atomic E-state index is 11.3. The third kappa shape index (κ3) is 4.91. The Labute approximate surface area is 118 Å². The lowest BCUT2D eigenvalue weighted by Gasteiger charge is -2.13. The second kappa shape index (κ2) is 7.53. The molecule has 5 nitrogen and oxygen atoms in total. The van der Waals surface area contributed by atoms with Crippen molar-refractivity contribution in [1.82, 2.24) is 5.32 Å². The van der Waals surface area contributed by atoms with Crippen LogP contribution in [0.25, 0.3) is 0 Å². The summed E-state index contributed by atoms with van der Waals surface area (Å²) in [7, 11) is 1.49. The van der Waals surface area contributed by atoms with Crippen LogP contribution in [0.3, 0.4) is 0 Å². The lowest BCUT2D eigenvalue weighted by Crippen LogP contribution is -2.24. The molecule has 1 atom stereocenters. The summed E-state index contributed by atoms with van der Waals surface area (Å²) in [6.45, 7) is 4.72. The summed E-state index contributed by atoms with van der Waals surface area (Å²) in [5.41, 5.74) is 0.595. The molecule has 1 rings (SSSR count). The first-order chi connectivity index (χ1) is 9.43. The first kappa shape index (κ1) is 16.0. The molecular weight excluding hydrogens is 258 g/mol. The maximum Gasteiger partial charge on any atom is 0.311 e. The van der Waals surface area contributed by atoms with Gasteiger partial charge in [0.25, 0.3) is 0 Å². The Kier molecular flexibility index (Phi) is 6.03. The summed E-state index contributed by atoms with van der Waals surface area (Å²) in [6, 6.07) is 6.85. The molecule has 0 heterocycles. The zero-order valence-electron chi connectivity index (χ0n) is 12.1. The normalized spacial score (nSPS) is 12.0. The van der Waals surface area contributed by atoms with E-state index in [1.54, 1.807) is 24.3 Å². The molecule has 110 valence electrons. The lowest BCUT2D eigenvalue weighted by molar-refractivity contribution is -0.140. The molecule has 0 unspecified atom stereocenters. The van der Waals surface area contributed by atoms with Crippen LogP contribution >= 0.6 is 0 Å². The highest BCUT2D eigenvalue weighted by atomic mass is 16.5. The average Bonchev–Trinajstić information content (AvgIpc) is 2.42. The van der Waals surface area contributed by atoms with E-state index in [0.29, 0.717) is 23.8 Å². The molecule has 0 saturated heterocycles. The number of carbonyl (C=O) groups excluding carboxylic acids is 1. The van der Waals surface area contributed by atoms with E-state index in [-0.39, 0.29) is 12.3 Å². The summed E-state index contributed by atoms with van der Waals surface area (Å²) in [5.74, 6) is -1.02. The molecular formula is C15H21NO4. The molecule has 0 aromatic heterocycles. The van der Waals surface area contributed by atoms with Gasteiger partial charge in [-0.05, 0) is 23.6 Å². The third-order valence-electron chi connectivity index (χ3n) is 2.83. The second-order valence-electron chi connectivity index (χ2n) is 5.04. The minimum absolute atomic E-state index is 0.0714. The van der Waals surface area contributed by atoms with Crippen molar-refractivity contribution in [1.29, 1.82) is 0 Å². The molecule has 20 heavy (non-hydrogen) atoms. The van der Waals surface area contributed by atoms with E-state index < -0.39 is 11.9 Å². The molecule has 0 aliphatic rings. The van der Waals surface area contributed by atoms with Crippen LogP contribution in [-0.4, -0.2) is 30.6 Å². The van der Waals surface area contributed by atoms with Crippen LogP contribution in [0.1, 0.15) is 31.7 Å². The third-order valence-corrected chi connectivity index (χ3v) is 2.83. The molecule has 0 aliphatic heterocycles. The fourth-order valence-electron chi connectivity index (χ4n) is 1.69. The fourth-order valence-corrected chi connectivity index (χ4v) is 1.69.